The fraction of sp³-hybridized carbons (Fsp3) is 0.278. The van der Waals surface area contributed by atoms with Gasteiger partial charge in [-0.3, -0.25) is 0 Å². The highest BCUT2D eigenvalue weighted by Gasteiger charge is 2.14. The van der Waals surface area contributed by atoms with Crippen LogP contribution < -0.4 is 18.9 Å². The van der Waals surface area contributed by atoms with Crippen LogP contribution in [0.1, 0.15) is 5.56 Å². The van der Waals surface area contributed by atoms with Crippen LogP contribution in [-0.2, 0) is 5.75 Å². The Morgan fingerprint density at radius 2 is 1.64 bits per heavy atom. The summed E-state index contributed by atoms with van der Waals surface area (Å²) in [7, 11) is 6.47. The number of methoxy groups -OCH3 is 4. The van der Waals surface area contributed by atoms with Gasteiger partial charge >= 0.3 is 0 Å². The quantitative estimate of drug-likeness (QED) is 0.645. The molecule has 0 aliphatic rings. The summed E-state index contributed by atoms with van der Waals surface area (Å²) in [5, 5.41) is 0.844. The lowest BCUT2D eigenvalue weighted by Gasteiger charge is -2.13. The third-order valence-corrected chi connectivity index (χ3v) is 4.71. The van der Waals surface area contributed by atoms with Crippen molar-refractivity contribution in [1.29, 1.82) is 0 Å². The minimum Gasteiger partial charge on any atom is -0.497 e. The highest BCUT2D eigenvalue weighted by molar-refractivity contribution is 7.98. The molecule has 0 radical (unpaired) electrons. The minimum atomic E-state index is 0.592. The van der Waals surface area contributed by atoms with Crippen LogP contribution >= 0.6 is 11.8 Å². The van der Waals surface area contributed by atoms with Crippen molar-refractivity contribution in [2.75, 3.05) is 28.4 Å². The summed E-state index contributed by atoms with van der Waals surface area (Å²) in [5.41, 5.74) is 2.91. The van der Waals surface area contributed by atoms with Crippen LogP contribution in [-0.4, -0.2) is 38.4 Å². The SMILES string of the molecule is COc1ccc2nc(SCc3cc(OC)c(OC)c(OC)c3)[nH]c2c1. The lowest BCUT2D eigenvalue weighted by atomic mass is 10.2. The number of thioether (sulfide) groups is 1. The maximum absolute atomic E-state index is 5.39. The zero-order chi connectivity index (χ0) is 17.8. The van der Waals surface area contributed by atoms with Crippen molar-refractivity contribution in [3.63, 3.8) is 0 Å². The van der Waals surface area contributed by atoms with Crippen LogP contribution in [0.25, 0.3) is 11.0 Å². The summed E-state index contributed by atoms with van der Waals surface area (Å²) in [4.78, 5) is 7.89. The number of benzene rings is 2. The van der Waals surface area contributed by atoms with E-state index >= 15 is 0 Å². The molecule has 0 spiro atoms. The topological polar surface area (TPSA) is 65.6 Å². The number of aromatic amines is 1. The number of rotatable bonds is 7. The van der Waals surface area contributed by atoms with Crippen molar-refractivity contribution in [1.82, 2.24) is 9.97 Å². The standard InChI is InChI=1S/C18H20N2O4S/c1-21-12-5-6-13-14(9-12)20-18(19-13)25-10-11-7-15(22-2)17(24-4)16(8-11)23-3/h5-9H,10H2,1-4H3,(H,19,20). The van der Waals surface area contributed by atoms with Crippen LogP contribution in [0.5, 0.6) is 23.0 Å². The second kappa shape index (κ2) is 7.57. The predicted octanol–water partition coefficient (Wildman–Crippen LogP) is 3.89. The average Bonchev–Trinajstić information content (AvgIpc) is 3.07. The van der Waals surface area contributed by atoms with E-state index in [-0.39, 0.29) is 0 Å². The number of fused-ring (bicyclic) bond motifs is 1. The molecule has 1 aromatic heterocycles. The molecule has 0 aliphatic carbocycles. The highest BCUT2D eigenvalue weighted by atomic mass is 32.2. The Labute approximate surface area is 150 Å². The lowest BCUT2D eigenvalue weighted by Crippen LogP contribution is -1.96. The van der Waals surface area contributed by atoms with E-state index in [1.54, 1.807) is 40.2 Å². The molecular weight excluding hydrogens is 340 g/mol. The van der Waals surface area contributed by atoms with Crippen molar-refractivity contribution in [2.45, 2.75) is 10.9 Å². The number of aromatic nitrogens is 2. The highest BCUT2D eigenvalue weighted by Crippen LogP contribution is 2.39. The van der Waals surface area contributed by atoms with E-state index in [4.69, 9.17) is 18.9 Å². The van der Waals surface area contributed by atoms with Crippen LogP contribution in [0.3, 0.4) is 0 Å². The third kappa shape index (κ3) is 3.61. The fourth-order valence-corrected chi connectivity index (χ4v) is 3.35. The monoisotopic (exact) mass is 360 g/mol. The van der Waals surface area contributed by atoms with Gasteiger partial charge in [0.15, 0.2) is 16.7 Å². The second-order valence-corrected chi connectivity index (χ2v) is 6.21. The van der Waals surface area contributed by atoms with Gasteiger partial charge in [-0.25, -0.2) is 4.98 Å². The second-order valence-electron chi connectivity index (χ2n) is 5.25. The zero-order valence-corrected chi connectivity index (χ0v) is 15.4. The van der Waals surface area contributed by atoms with Gasteiger partial charge < -0.3 is 23.9 Å². The number of imidazole rings is 1. The largest absolute Gasteiger partial charge is 0.497 e. The number of hydrogen-bond donors (Lipinski definition) is 1. The first kappa shape index (κ1) is 17.3. The van der Waals surface area contributed by atoms with Crippen LogP contribution in [0, 0.1) is 0 Å². The summed E-state index contributed by atoms with van der Waals surface area (Å²) >= 11 is 1.61. The van der Waals surface area contributed by atoms with Crippen LogP contribution in [0.2, 0.25) is 0 Å². The van der Waals surface area contributed by atoms with Gasteiger partial charge in [0.25, 0.3) is 0 Å². The maximum atomic E-state index is 5.39. The summed E-state index contributed by atoms with van der Waals surface area (Å²) in [5.74, 6) is 3.40. The molecule has 0 bridgehead atoms. The Balaban J connectivity index is 1.81. The molecule has 7 heteroatoms. The minimum absolute atomic E-state index is 0.592. The van der Waals surface area contributed by atoms with Gasteiger partial charge in [0.05, 0.1) is 39.5 Å². The molecule has 2 aromatic carbocycles. The maximum Gasteiger partial charge on any atom is 0.203 e. The number of nitrogens with zero attached hydrogens (tertiary/aromatic N) is 1. The average molecular weight is 360 g/mol. The van der Waals surface area contributed by atoms with Crippen LogP contribution in [0.4, 0.5) is 0 Å². The molecule has 0 saturated carbocycles. The number of ether oxygens (including phenoxy) is 4. The van der Waals surface area contributed by atoms with E-state index in [9.17, 15) is 0 Å². The molecular formula is C18H20N2O4S. The molecule has 3 rings (SSSR count). The molecule has 0 unspecified atom stereocenters. The molecule has 0 fully saturated rings. The van der Waals surface area contributed by atoms with E-state index in [1.165, 1.54) is 0 Å². The lowest BCUT2D eigenvalue weighted by molar-refractivity contribution is 0.324. The molecule has 6 nitrogen and oxygen atoms in total. The van der Waals surface area contributed by atoms with Gasteiger partial charge in [0, 0.05) is 11.8 Å². The van der Waals surface area contributed by atoms with Crippen molar-refractivity contribution in [2.24, 2.45) is 0 Å². The Morgan fingerprint density at radius 3 is 2.24 bits per heavy atom. The smallest absolute Gasteiger partial charge is 0.203 e. The van der Waals surface area contributed by atoms with E-state index in [0.717, 1.165) is 27.5 Å². The van der Waals surface area contributed by atoms with Crippen molar-refractivity contribution in [3.05, 3.63) is 35.9 Å². The zero-order valence-electron chi connectivity index (χ0n) is 14.6. The first-order valence-electron chi connectivity index (χ1n) is 7.64. The number of H-pyrrole nitrogens is 1. The van der Waals surface area contributed by atoms with Crippen LogP contribution in [0.15, 0.2) is 35.5 Å². The Bertz CT molecular complexity index is 854. The Morgan fingerprint density at radius 1 is 0.920 bits per heavy atom. The third-order valence-electron chi connectivity index (χ3n) is 3.77. The summed E-state index contributed by atoms with van der Waals surface area (Å²) in [6.07, 6.45) is 0. The van der Waals surface area contributed by atoms with Gasteiger partial charge in [-0.2, -0.15) is 0 Å². The van der Waals surface area contributed by atoms with E-state index in [1.807, 2.05) is 30.3 Å². The van der Waals surface area contributed by atoms with E-state index in [2.05, 4.69) is 9.97 Å². The molecule has 0 aliphatic heterocycles. The molecule has 25 heavy (non-hydrogen) atoms. The van der Waals surface area contributed by atoms with E-state index in [0.29, 0.717) is 23.0 Å². The fourth-order valence-electron chi connectivity index (χ4n) is 2.53. The van der Waals surface area contributed by atoms with Gasteiger partial charge in [-0.15, -0.1) is 0 Å². The summed E-state index contributed by atoms with van der Waals surface area (Å²) in [6, 6.07) is 9.66. The normalized spacial score (nSPS) is 10.7. The van der Waals surface area contributed by atoms with Gasteiger partial charge in [-0.1, -0.05) is 11.8 Å². The van der Waals surface area contributed by atoms with Crippen molar-refractivity contribution >= 4 is 22.8 Å². The summed E-state index contributed by atoms with van der Waals surface area (Å²) in [6.45, 7) is 0. The predicted molar refractivity (Wildman–Crippen MR) is 98.3 cm³/mol. The van der Waals surface area contributed by atoms with Gasteiger partial charge in [-0.05, 0) is 29.8 Å². The first-order chi connectivity index (χ1) is 12.2. The first-order valence-corrected chi connectivity index (χ1v) is 8.62. The van der Waals surface area contributed by atoms with Crippen molar-refractivity contribution in [3.8, 4) is 23.0 Å². The molecule has 0 atom stereocenters. The molecule has 132 valence electrons. The summed E-state index contributed by atoms with van der Waals surface area (Å²) < 4.78 is 21.4. The molecule has 3 aromatic rings. The Hall–Kier alpha value is -2.54. The Kier molecular flexibility index (Phi) is 5.23. The van der Waals surface area contributed by atoms with Gasteiger partial charge in [0.1, 0.15) is 5.75 Å². The van der Waals surface area contributed by atoms with Crippen molar-refractivity contribution < 1.29 is 18.9 Å². The molecule has 1 N–H and O–H groups in total. The molecule has 0 saturated heterocycles. The number of nitrogens with one attached hydrogen (secondary N) is 1. The molecule has 0 amide bonds. The van der Waals surface area contributed by atoms with E-state index < -0.39 is 0 Å². The van der Waals surface area contributed by atoms with Gasteiger partial charge in [0.2, 0.25) is 5.75 Å². The molecule has 1 heterocycles. The number of hydrogen-bond acceptors (Lipinski definition) is 6.